The van der Waals surface area contributed by atoms with Crippen LogP contribution in [0, 0.1) is 18.8 Å². The van der Waals surface area contributed by atoms with Crippen LogP contribution in [0.2, 0.25) is 0 Å². The minimum Gasteiger partial charge on any atom is -0.444 e. The van der Waals surface area contributed by atoms with Gasteiger partial charge in [-0.15, -0.1) is 0 Å². The molecular formula is C38H48N6O7S. The predicted octanol–water partition coefficient (Wildman–Crippen LogP) is 5.08. The van der Waals surface area contributed by atoms with Crippen LogP contribution in [0.1, 0.15) is 57.6 Å². The molecule has 1 aliphatic rings. The van der Waals surface area contributed by atoms with E-state index in [0.717, 1.165) is 35.1 Å². The lowest BCUT2D eigenvalue weighted by Gasteiger charge is -2.29. The Kier molecular flexibility index (Phi) is 11.6. The molecule has 52 heavy (non-hydrogen) atoms. The lowest BCUT2D eigenvalue weighted by Crippen LogP contribution is -2.48. The van der Waals surface area contributed by atoms with Crippen molar-refractivity contribution < 1.29 is 27.5 Å². The number of imidazole rings is 1. The van der Waals surface area contributed by atoms with Crippen LogP contribution in [-0.4, -0.2) is 72.9 Å². The lowest BCUT2D eigenvalue weighted by molar-refractivity contribution is -0.130. The molecule has 1 heterocycles. The summed E-state index contributed by atoms with van der Waals surface area (Å²) >= 11 is 0. The molecule has 13 nitrogen and oxygen atoms in total. The molecule has 3 amide bonds. The molecule has 3 aromatic carbocycles. The second kappa shape index (κ2) is 15.7. The second-order valence-corrected chi connectivity index (χ2v) is 16.8. The summed E-state index contributed by atoms with van der Waals surface area (Å²) in [5, 5.41) is 8.74. The minimum atomic E-state index is -3.66. The van der Waals surface area contributed by atoms with Crippen LogP contribution in [0.3, 0.4) is 0 Å². The fraction of sp³-hybridized carbons (Fsp3) is 0.421. The maximum Gasteiger partial charge on any atom is 0.407 e. The summed E-state index contributed by atoms with van der Waals surface area (Å²) in [6.07, 6.45) is 2.40. The van der Waals surface area contributed by atoms with E-state index in [4.69, 9.17) is 4.74 Å². The van der Waals surface area contributed by atoms with Crippen LogP contribution in [-0.2, 0) is 30.8 Å². The number of anilines is 1. The average molecular weight is 733 g/mol. The first-order valence-electron chi connectivity index (χ1n) is 17.4. The Labute approximate surface area is 304 Å². The van der Waals surface area contributed by atoms with Crippen molar-refractivity contribution in [1.82, 2.24) is 24.9 Å². The molecule has 14 heteroatoms. The molecule has 5 N–H and O–H groups in total. The number of fused-ring (bicyclic) bond motifs is 1. The van der Waals surface area contributed by atoms with E-state index >= 15 is 0 Å². The molecule has 278 valence electrons. The Morgan fingerprint density at radius 2 is 1.65 bits per heavy atom. The standard InChI is InChI=1S/C38H48N6O7S/c1-23-10-16-29(52(49,50)44(5)6)21-30(23)27-9-7-8-25(18-27)19-33(35(46)40-28-15-17-31-32(20-28)43-36(47)42-31)41-34(45)26-13-11-24(12-14-26)22-39-37(48)51-38(2,3)4/h7-10,15-18,20-21,24,26,33H,11-14,19,22H2,1-6H3,(H,39,48)(H,40,46)(H,41,45)(H2,42,43,47)/t24?,26?,33-/m0/s1. The van der Waals surface area contributed by atoms with Gasteiger partial charge in [0.05, 0.1) is 15.9 Å². The zero-order valence-corrected chi connectivity index (χ0v) is 31.3. The number of carbonyl (C=O) groups is 3. The number of nitrogens with one attached hydrogen (secondary N) is 5. The first-order chi connectivity index (χ1) is 24.5. The smallest absolute Gasteiger partial charge is 0.407 e. The van der Waals surface area contributed by atoms with Gasteiger partial charge < -0.3 is 30.7 Å². The monoisotopic (exact) mass is 732 g/mol. The molecule has 5 rings (SSSR count). The van der Waals surface area contributed by atoms with Crippen LogP contribution in [0.5, 0.6) is 0 Å². The third-order valence-electron chi connectivity index (χ3n) is 9.23. The van der Waals surface area contributed by atoms with Gasteiger partial charge in [0.15, 0.2) is 0 Å². The number of aromatic amines is 2. The van der Waals surface area contributed by atoms with Gasteiger partial charge in [0.25, 0.3) is 0 Å². The highest BCUT2D eigenvalue weighted by atomic mass is 32.2. The third kappa shape index (κ3) is 9.68. The lowest BCUT2D eigenvalue weighted by atomic mass is 9.81. The van der Waals surface area contributed by atoms with Gasteiger partial charge in [-0.1, -0.05) is 30.3 Å². The number of hydrogen-bond acceptors (Lipinski definition) is 7. The van der Waals surface area contributed by atoms with Crippen molar-refractivity contribution in [3.05, 3.63) is 82.3 Å². The van der Waals surface area contributed by atoms with E-state index in [1.165, 1.54) is 18.4 Å². The number of aromatic nitrogens is 2. The molecular weight excluding hydrogens is 685 g/mol. The summed E-state index contributed by atoms with van der Waals surface area (Å²) in [6.45, 7) is 7.80. The molecule has 1 atom stereocenters. The summed E-state index contributed by atoms with van der Waals surface area (Å²) in [6, 6.07) is 16.6. The summed E-state index contributed by atoms with van der Waals surface area (Å²) in [5.74, 6) is -0.744. The number of benzene rings is 3. The van der Waals surface area contributed by atoms with Crippen LogP contribution >= 0.6 is 0 Å². The molecule has 0 bridgehead atoms. The van der Waals surface area contributed by atoms with Crippen LogP contribution in [0.4, 0.5) is 10.5 Å². The van der Waals surface area contributed by atoms with E-state index in [1.807, 2.05) is 52.0 Å². The van der Waals surface area contributed by atoms with Gasteiger partial charge >= 0.3 is 11.8 Å². The number of amides is 3. The number of aryl methyl sites for hydroxylation is 1. The molecule has 0 spiro atoms. The number of H-pyrrole nitrogens is 2. The summed E-state index contributed by atoms with van der Waals surface area (Å²) in [5.41, 5.74) is 3.79. The van der Waals surface area contributed by atoms with Gasteiger partial charge in [-0.2, -0.15) is 0 Å². The van der Waals surface area contributed by atoms with Crippen molar-refractivity contribution in [3.8, 4) is 11.1 Å². The van der Waals surface area contributed by atoms with Gasteiger partial charge in [0, 0.05) is 38.7 Å². The van der Waals surface area contributed by atoms with E-state index in [-0.39, 0.29) is 34.7 Å². The topological polar surface area (TPSA) is 183 Å². The van der Waals surface area contributed by atoms with Gasteiger partial charge in [-0.05, 0) is 112 Å². The van der Waals surface area contributed by atoms with Gasteiger partial charge in [0.2, 0.25) is 21.8 Å². The van der Waals surface area contributed by atoms with E-state index in [0.29, 0.717) is 36.1 Å². The summed E-state index contributed by atoms with van der Waals surface area (Å²) < 4.78 is 32.3. The highest BCUT2D eigenvalue weighted by Gasteiger charge is 2.30. The first-order valence-corrected chi connectivity index (χ1v) is 18.8. The van der Waals surface area contributed by atoms with Crippen LogP contribution in [0.15, 0.2) is 70.4 Å². The highest BCUT2D eigenvalue weighted by Crippen LogP contribution is 2.30. The Morgan fingerprint density at radius 3 is 2.35 bits per heavy atom. The van der Waals surface area contributed by atoms with E-state index in [9.17, 15) is 27.6 Å². The Hall–Kier alpha value is -4.95. The number of alkyl carbamates (subject to hydrolysis) is 1. The number of carbonyl (C=O) groups excluding carboxylic acids is 3. The molecule has 4 aromatic rings. The first kappa shape index (κ1) is 38.3. The van der Waals surface area contributed by atoms with E-state index in [1.54, 1.807) is 36.4 Å². The SMILES string of the molecule is Cc1ccc(S(=O)(=O)N(C)C)cc1-c1cccc(C[C@H](NC(=O)C2CCC(CNC(=O)OC(C)(C)C)CC2)C(=O)Nc2ccc3[nH]c(=O)[nH]c3c2)c1. The molecule has 0 unspecified atom stereocenters. The largest absolute Gasteiger partial charge is 0.444 e. The maximum atomic E-state index is 13.9. The van der Waals surface area contributed by atoms with Crippen LogP contribution < -0.4 is 21.6 Å². The maximum absolute atomic E-state index is 13.9. The Morgan fingerprint density at radius 1 is 0.942 bits per heavy atom. The predicted molar refractivity (Wildman–Crippen MR) is 200 cm³/mol. The van der Waals surface area contributed by atoms with Crippen molar-refractivity contribution in [3.63, 3.8) is 0 Å². The van der Waals surface area contributed by atoms with Gasteiger partial charge in [-0.25, -0.2) is 22.3 Å². The Bertz CT molecular complexity index is 2110. The van der Waals surface area contributed by atoms with E-state index < -0.39 is 33.7 Å². The summed E-state index contributed by atoms with van der Waals surface area (Å²) in [4.78, 5) is 57.0. The molecule has 1 fully saturated rings. The highest BCUT2D eigenvalue weighted by molar-refractivity contribution is 7.89. The minimum absolute atomic E-state index is 0.165. The quantitative estimate of drug-likeness (QED) is 0.143. The molecule has 1 aliphatic carbocycles. The van der Waals surface area contributed by atoms with Crippen molar-refractivity contribution in [2.45, 2.75) is 76.3 Å². The molecule has 0 saturated heterocycles. The van der Waals surface area contributed by atoms with Gasteiger partial charge in [-0.3, -0.25) is 9.59 Å². The van der Waals surface area contributed by atoms with Crippen molar-refractivity contribution in [2.75, 3.05) is 26.0 Å². The zero-order chi connectivity index (χ0) is 37.8. The molecule has 0 aliphatic heterocycles. The zero-order valence-electron chi connectivity index (χ0n) is 30.5. The number of rotatable bonds is 11. The van der Waals surface area contributed by atoms with Crippen molar-refractivity contribution >= 4 is 44.7 Å². The molecule has 1 saturated carbocycles. The van der Waals surface area contributed by atoms with Crippen LogP contribution in [0.25, 0.3) is 22.2 Å². The summed E-state index contributed by atoms with van der Waals surface area (Å²) in [7, 11) is -0.688. The number of nitrogens with zero attached hydrogens (tertiary/aromatic N) is 1. The fourth-order valence-corrected chi connectivity index (χ4v) is 7.32. The van der Waals surface area contributed by atoms with Gasteiger partial charge in [0.1, 0.15) is 11.6 Å². The van der Waals surface area contributed by atoms with Crippen molar-refractivity contribution in [1.29, 1.82) is 0 Å². The fourth-order valence-electron chi connectivity index (χ4n) is 6.39. The normalized spacial score (nSPS) is 17.1. The molecule has 0 radical (unpaired) electrons. The second-order valence-electron chi connectivity index (χ2n) is 14.7. The number of hydrogen-bond donors (Lipinski definition) is 5. The number of ether oxygens (including phenoxy) is 1. The van der Waals surface area contributed by atoms with Crippen molar-refractivity contribution in [2.24, 2.45) is 11.8 Å². The van der Waals surface area contributed by atoms with E-state index in [2.05, 4.69) is 25.9 Å². The number of sulfonamides is 1. The molecule has 1 aromatic heterocycles. The Balaban J connectivity index is 1.33. The average Bonchev–Trinajstić information content (AvgIpc) is 3.46. The third-order valence-corrected chi connectivity index (χ3v) is 11.0.